The summed E-state index contributed by atoms with van der Waals surface area (Å²) in [6.07, 6.45) is 3.67. The molecule has 0 atom stereocenters. The minimum absolute atomic E-state index is 0.127. The molecule has 0 unspecified atom stereocenters. The molecule has 1 amide bonds. The van der Waals surface area contributed by atoms with Crippen LogP contribution in [0.15, 0.2) is 47.2 Å². The number of carbonyl (C=O) groups is 1. The summed E-state index contributed by atoms with van der Waals surface area (Å²) in [5.74, 6) is 0.00530. The molecule has 0 aliphatic rings. The number of nitrogens with one attached hydrogen (secondary N) is 1. The van der Waals surface area contributed by atoms with E-state index >= 15 is 0 Å². The van der Waals surface area contributed by atoms with Gasteiger partial charge in [0.25, 0.3) is 0 Å². The Morgan fingerprint density at radius 1 is 1.33 bits per heavy atom. The van der Waals surface area contributed by atoms with Gasteiger partial charge in [-0.1, -0.05) is 16.8 Å². The van der Waals surface area contributed by atoms with Crippen LogP contribution in [0, 0.1) is 5.82 Å². The summed E-state index contributed by atoms with van der Waals surface area (Å²) in [6.45, 7) is 0. The Morgan fingerprint density at radius 2 is 2.21 bits per heavy atom. The van der Waals surface area contributed by atoms with Crippen molar-refractivity contribution in [3.05, 3.63) is 59.5 Å². The summed E-state index contributed by atoms with van der Waals surface area (Å²) in [5, 5.41) is 6.60. The van der Waals surface area contributed by atoms with Gasteiger partial charge in [-0.05, 0) is 30.3 Å². The lowest BCUT2D eigenvalue weighted by atomic mass is 10.2. The lowest BCUT2D eigenvalue weighted by Gasteiger charge is -2.06. The predicted molar refractivity (Wildman–Crippen MR) is 85.9 cm³/mol. The Morgan fingerprint density at radius 3 is 2.96 bits per heavy atom. The molecule has 3 rings (SSSR count). The molecule has 3 aromatic rings. The van der Waals surface area contributed by atoms with Crippen molar-refractivity contribution in [1.82, 2.24) is 15.1 Å². The minimum Gasteiger partial charge on any atom is -0.339 e. The van der Waals surface area contributed by atoms with E-state index in [0.717, 1.165) is 11.6 Å². The third-order valence-electron chi connectivity index (χ3n) is 3.16. The highest BCUT2D eigenvalue weighted by Gasteiger charge is 2.12. The van der Waals surface area contributed by atoms with Crippen molar-refractivity contribution in [3.63, 3.8) is 0 Å². The molecule has 0 saturated heterocycles. The van der Waals surface area contributed by atoms with E-state index in [1.165, 1.54) is 12.1 Å². The zero-order chi connectivity index (χ0) is 16.9. The first-order valence-electron chi connectivity index (χ1n) is 7.10. The average Bonchev–Trinajstić information content (AvgIpc) is 3.05. The minimum atomic E-state index is -0.466. The van der Waals surface area contributed by atoms with Gasteiger partial charge in [-0.3, -0.25) is 9.78 Å². The van der Waals surface area contributed by atoms with E-state index in [4.69, 9.17) is 16.1 Å². The van der Waals surface area contributed by atoms with Crippen LogP contribution in [0.2, 0.25) is 5.02 Å². The summed E-state index contributed by atoms with van der Waals surface area (Å²) >= 11 is 5.86. The maximum absolute atomic E-state index is 13.0. The van der Waals surface area contributed by atoms with Crippen molar-refractivity contribution in [2.75, 3.05) is 5.32 Å². The number of amides is 1. The number of pyridine rings is 1. The van der Waals surface area contributed by atoms with Crippen molar-refractivity contribution in [2.45, 2.75) is 12.8 Å². The maximum atomic E-state index is 13.0. The van der Waals surface area contributed by atoms with Gasteiger partial charge in [-0.25, -0.2) is 4.39 Å². The lowest BCUT2D eigenvalue weighted by Crippen LogP contribution is -2.12. The largest absolute Gasteiger partial charge is 0.339 e. The summed E-state index contributed by atoms with van der Waals surface area (Å²) < 4.78 is 18.1. The molecule has 0 bridgehead atoms. The molecular formula is C16H12ClFN4O2. The Hall–Kier alpha value is -2.80. The van der Waals surface area contributed by atoms with E-state index in [1.54, 1.807) is 18.5 Å². The number of hydrogen-bond donors (Lipinski definition) is 1. The van der Waals surface area contributed by atoms with Crippen LogP contribution in [0.5, 0.6) is 0 Å². The topological polar surface area (TPSA) is 80.9 Å². The number of aryl methyl sites for hydroxylation is 1. The first-order valence-corrected chi connectivity index (χ1v) is 7.47. The fraction of sp³-hybridized carbons (Fsp3) is 0.125. The number of hydrogen-bond acceptors (Lipinski definition) is 5. The summed E-state index contributed by atoms with van der Waals surface area (Å²) in [6, 6.07) is 7.34. The Kier molecular flexibility index (Phi) is 4.81. The van der Waals surface area contributed by atoms with E-state index in [1.807, 2.05) is 6.07 Å². The van der Waals surface area contributed by atoms with E-state index in [9.17, 15) is 9.18 Å². The van der Waals surface area contributed by atoms with Gasteiger partial charge in [0.2, 0.25) is 17.6 Å². The number of rotatable bonds is 5. The highest BCUT2D eigenvalue weighted by molar-refractivity contribution is 6.33. The summed E-state index contributed by atoms with van der Waals surface area (Å²) in [7, 11) is 0. The number of benzene rings is 1. The van der Waals surface area contributed by atoms with Crippen molar-refractivity contribution in [2.24, 2.45) is 0 Å². The molecule has 0 fully saturated rings. The van der Waals surface area contributed by atoms with Crippen LogP contribution in [-0.4, -0.2) is 21.0 Å². The van der Waals surface area contributed by atoms with Crippen LogP contribution in [0.3, 0.4) is 0 Å². The molecule has 0 saturated carbocycles. The van der Waals surface area contributed by atoms with Crippen LogP contribution in [0.4, 0.5) is 10.1 Å². The number of nitrogens with zero attached hydrogens (tertiary/aromatic N) is 3. The zero-order valence-electron chi connectivity index (χ0n) is 12.4. The standard InChI is InChI=1S/C16H12ClFN4O2/c17-12-8-11(18)3-4-13(12)20-14(23)5-6-15-21-16(22-24-15)10-2-1-7-19-9-10/h1-4,7-9H,5-6H2,(H,20,23). The second-order valence-corrected chi connectivity index (χ2v) is 5.33. The Balaban J connectivity index is 1.58. The number of carbonyl (C=O) groups excluding carboxylic acids is 1. The van der Waals surface area contributed by atoms with E-state index in [0.29, 0.717) is 17.4 Å². The molecule has 2 heterocycles. The van der Waals surface area contributed by atoms with Gasteiger partial charge in [0, 0.05) is 30.8 Å². The molecule has 24 heavy (non-hydrogen) atoms. The quantitative estimate of drug-likeness (QED) is 0.764. The first-order chi connectivity index (χ1) is 11.6. The average molecular weight is 347 g/mol. The third kappa shape index (κ3) is 3.94. The normalized spacial score (nSPS) is 10.6. The highest BCUT2D eigenvalue weighted by Crippen LogP contribution is 2.22. The van der Waals surface area contributed by atoms with Crippen LogP contribution < -0.4 is 5.32 Å². The number of halogens is 2. The lowest BCUT2D eigenvalue weighted by molar-refractivity contribution is -0.116. The molecule has 1 aromatic carbocycles. The SMILES string of the molecule is O=C(CCc1nc(-c2cccnc2)no1)Nc1ccc(F)cc1Cl. The van der Waals surface area contributed by atoms with Crippen LogP contribution >= 0.6 is 11.6 Å². The number of aromatic nitrogens is 3. The molecule has 0 spiro atoms. The second-order valence-electron chi connectivity index (χ2n) is 4.93. The molecule has 122 valence electrons. The smallest absolute Gasteiger partial charge is 0.227 e. The van der Waals surface area contributed by atoms with Crippen LogP contribution in [0.1, 0.15) is 12.3 Å². The van der Waals surface area contributed by atoms with Gasteiger partial charge >= 0.3 is 0 Å². The molecule has 6 nitrogen and oxygen atoms in total. The molecule has 8 heteroatoms. The fourth-order valence-electron chi connectivity index (χ4n) is 1.99. The first kappa shape index (κ1) is 16.1. The zero-order valence-corrected chi connectivity index (χ0v) is 13.1. The van der Waals surface area contributed by atoms with Gasteiger partial charge < -0.3 is 9.84 Å². The van der Waals surface area contributed by atoms with E-state index in [-0.39, 0.29) is 23.8 Å². The predicted octanol–water partition coefficient (Wildman–Crippen LogP) is 3.50. The van der Waals surface area contributed by atoms with Gasteiger partial charge in [0.15, 0.2) is 0 Å². The molecule has 2 aromatic heterocycles. The molecule has 0 aliphatic heterocycles. The van der Waals surface area contributed by atoms with Crippen molar-refractivity contribution < 1.29 is 13.7 Å². The van der Waals surface area contributed by atoms with Crippen molar-refractivity contribution in [1.29, 1.82) is 0 Å². The van der Waals surface area contributed by atoms with E-state index in [2.05, 4.69) is 20.4 Å². The van der Waals surface area contributed by atoms with Crippen molar-refractivity contribution in [3.8, 4) is 11.4 Å². The molecule has 0 radical (unpaired) electrons. The van der Waals surface area contributed by atoms with E-state index < -0.39 is 5.82 Å². The molecular weight excluding hydrogens is 335 g/mol. The third-order valence-corrected chi connectivity index (χ3v) is 3.47. The highest BCUT2D eigenvalue weighted by atomic mass is 35.5. The van der Waals surface area contributed by atoms with Gasteiger partial charge in [0.1, 0.15) is 5.82 Å². The second kappa shape index (κ2) is 7.18. The Bertz CT molecular complexity index is 854. The monoisotopic (exact) mass is 346 g/mol. The van der Waals surface area contributed by atoms with Crippen LogP contribution in [-0.2, 0) is 11.2 Å². The molecule has 1 N–H and O–H groups in total. The maximum Gasteiger partial charge on any atom is 0.227 e. The van der Waals surface area contributed by atoms with Crippen LogP contribution in [0.25, 0.3) is 11.4 Å². The van der Waals surface area contributed by atoms with Gasteiger partial charge in [-0.2, -0.15) is 4.98 Å². The fourth-order valence-corrected chi connectivity index (χ4v) is 2.21. The Labute approximate surface area is 141 Å². The summed E-state index contributed by atoms with van der Waals surface area (Å²) in [5.41, 5.74) is 1.08. The van der Waals surface area contributed by atoms with Crippen molar-refractivity contribution >= 4 is 23.2 Å². The van der Waals surface area contributed by atoms with Gasteiger partial charge in [-0.15, -0.1) is 0 Å². The molecule has 0 aliphatic carbocycles. The number of anilines is 1. The van der Waals surface area contributed by atoms with Gasteiger partial charge in [0.05, 0.1) is 10.7 Å². The summed E-state index contributed by atoms with van der Waals surface area (Å²) in [4.78, 5) is 20.1.